The summed E-state index contributed by atoms with van der Waals surface area (Å²) in [5, 5.41) is 7.12. The molecule has 0 unspecified atom stereocenters. The van der Waals surface area contributed by atoms with E-state index in [1.165, 1.54) is 16.7 Å². The van der Waals surface area contributed by atoms with E-state index < -0.39 is 0 Å². The summed E-state index contributed by atoms with van der Waals surface area (Å²) in [6.45, 7) is 4.30. The average molecular weight is 385 g/mol. The van der Waals surface area contributed by atoms with Gasteiger partial charge >= 0.3 is 0 Å². The highest BCUT2D eigenvalue weighted by Crippen LogP contribution is 2.44. The molecule has 4 rings (SSSR count). The number of benzene rings is 2. The molecule has 2 aromatic rings. The fraction of sp³-hybridized carbons (Fsp3) is 0.350. The van der Waals surface area contributed by atoms with Gasteiger partial charge in [0.25, 0.3) is 0 Å². The van der Waals surface area contributed by atoms with Crippen molar-refractivity contribution in [3.63, 3.8) is 0 Å². The molecular formula is C20H21BrN2O. The van der Waals surface area contributed by atoms with Gasteiger partial charge in [-0.05, 0) is 30.7 Å². The van der Waals surface area contributed by atoms with Crippen LogP contribution in [-0.4, -0.2) is 16.9 Å². The van der Waals surface area contributed by atoms with Crippen LogP contribution in [0.4, 0.5) is 0 Å². The molecule has 2 atom stereocenters. The van der Waals surface area contributed by atoms with Gasteiger partial charge < -0.3 is 4.74 Å². The highest BCUT2D eigenvalue weighted by Gasteiger charge is 2.39. The van der Waals surface area contributed by atoms with Crippen LogP contribution < -0.4 is 4.74 Å². The van der Waals surface area contributed by atoms with Crippen LogP contribution >= 0.6 is 15.9 Å². The lowest BCUT2D eigenvalue weighted by Gasteiger charge is -2.38. The highest BCUT2D eigenvalue weighted by atomic mass is 79.9. The molecule has 2 aliphatic heterocycles. The predicted octanol–water partition coefficient (Wildman–Crippen LogP) is 5.43. The Bertz CT molecular complexity index is 785. The largest absolute Gasteiger partial charge is 0.469 e. The number of halogens is 1. The zero-order valence-electron chi connectivity index (χ0n) is 14.0. The first-order valence-corrected chi connectivity index (χ1v) is 9.34. The minimum atomic E-state index is 0.0247. The summed E-state index contributed by atoms with van der Waals surface area (Å²) < 4.78 is 7.33. The van der Waals surface area contributed by atoms with E-state index in [1.54, 1.807) is 0 Å². The standard InChI is InChI=1S/C20H21BrN2O/c1-3-4-20-23-18(16-11-15(21)9-10-19(16)24-20)12-17(22-23)14-7-5-13(2)6-8-14/h5-11,18,20H,3-4,12H2,1-2H3/t18-,20+/m1/s1. The van der Waals surface area contributed by atoms with Crippen molar-refractivity contribution >= 4 is 21.6 Å². The van der Waals surface area contributed by atoms with Gasteiger partial charge in [-0.15, -0.1) is 0 Å². The molecule has 0 saturated carbocycles. The van der Waals surface area contributed by atoms with E-state index in [9.17, 15) is 0 Å². The number of rotatable bonds is 3. The Morgan fingerprint density at radius 3 is 2.75 bits per heavy atom. The van der Waals surface area contributed by atoms with Gasteiger partial charge in [0.15, 0.2) is 6.23 Å². The fourth-order valence-electron chi connectivity index (χ4n) is 3.49. The maximum atomic E-state index is 6.24. The van der Waals surface area contributed by atoms with Gasteiger partial charge in [-0.2, -0.15) is 5.10 Å². The summed E-state index contributed by atoms with van der Waals surface area (Å²) >= 11 is 3.59. The number of nitrogens with zero attached hydrogens (tertiary/aromatic N) is 2. The van der Waals surface area contributed by atoms with Crippen LogP contribution in [0.3, 0.4) is 0 Å². The van der Waals surface area contributed by atoms with Crippen LogP contribution in [0.5, 0.6) is 5.75 Å². The number of ether oxygens (including phenoxy) is 1. The van der Waals surface area contributed by atoms with Gasteiger partial charge in [-0.3, -0.25) is 5.01 Å². The smallest absolute Gasteiger partial charge is 0.187 e. The van der Waals surface area contributed by atoms with Gasteiger partial charge in [-0.1, -0.05) is 59.1 Å². The predicted molar refractivity (Wildman–Crippen MR) is 100 cm³/mol. The number of fused-ring (bicyclic) bond motifs is 3. The zero-order valence-corrected chi connectivity index (χ0v) is 15.6. The molecule has 0 amide bonds. The lowest BCUT2D eigenvalue weighted by molar-refractivity contribution is -0.0223. The second kappa shape index (κ2) is 6.25. The summed E-state index contributed by atoms with van der Waals surface area (Å²) in [5.41, 5.74) is 4.86. The van der Waals surface area contributed by atoms with Crippen LogP contribution in [0.1, 0.15) is 48.9 Å². The van der Waals surface area contributed by atoms with E-state index >= 15 is 0 Å². The molecule has 0 aliphatic carbocycles. The lowest BCUT2D eigenvalue weighted by atomic mass is 9.96. The van der Waals surface area contributed by atoms with E-state index in [-0.39, 0.29) is 12.3 Å². The monoisotopic (exact) mass is 384 g/mol. The minimum absolute atomic E-state index is 0.0247. The number of hydrazone groups is 1. The van der Waals surface area contributed by atoms with Crippen molar-refractivity contribution in [2.45, 2.75) is 45.4 Å². The summed E-state index contributed by atoms with van der Waals surface area (Å²) in [4.78, 5) is 0. The van der Waals surface area contributed by atoms with Gasteiger partial charge in [0.2, 0.25) is 0 Å². The molecule has 124 valence electrons. The van der Waals surface area contributed by atoms with Crippen molar-refractivity contribution in [2.24, 2.45) is 5.10 Å². The molecule has 0 aromatic heterocycles. The van der Waals surface area contributed by atoms with Crippen molar-refractivity contribution < 1.29 is 4.74 Å². The quantitative estimate of drug-likeness (QED) is 0.704. The van der Waals surface area contributed by atoms with Gasteiger partial charge in [0.1, 0.15) is 5.75 Å². The third-order valence-electron chi connectivity index (χ3n) is 4.75. The van der Waals surface area contributed by atoms with Crippen molar-refractivity contribution in [2.75, 3.05) is 0 Å². The Labute approximate surface area is 151 Å². The molecule has 2 heterocycles. The maximum absolute atomic E-state index is 6.24. The Kier molecular flexibility index (Phi) is 4.09. The third-order valence-corrected chi connectivity index (χ3v) is 5.24. The second-order valence-electron chi connectivity index (χ2n) is 6.56. The molecule has 0 bridgehead atoms. The molecule has 24 heavy (non-hydrogen) atoms. The van der Waals surface area contributed by atoms with Crippen LogP contribution in [0, 0.1) is 6.92 Å². The van der Waals surface area contributed by atoms with Crippen molar-refractivity contribution in [1.82, 2.24) is 5.01 Å². The molecule has 3 nitrogen and oxygen atoms in total. The molecule has 0 saturated heterocycles. The van der Waals surface area contributed by atoms with E-state index in [2.05, 4.69) is 71.2 Å². The van der Waals surface area contributed by atoms with Gasteiger partial charge in [-0.25, -0.2) is 0 Å². The zero-order chi connectivity index (χ0) is 16.7. The molecule has 0 fully saturated rings. The normalized spacial score (nSPS) is 21.8. The lowest BCUT2D eigenvalue weighted by Crippen LogP contribution is -2.40. The van der Waals surface area contributed by atoms with Crippen LogP contribution in [-0.2, 0) is 0 Å². The second-order valence-corrected chi connectivity index (χ2v) is 7.47. The molecule has 0 N–H and O–H groups in total. The first-order valence-electron chi connectivity index (χ1n) is 8.54. The molecule has 2 aliphatic rings. The van der Waals surface area contributed by atoms with Crippen LogP contribution in [0.15, 0.2) is 52.0 Å². The summed E-state index contributed by atoms with van der Waals surface area (Å²) in [6, 6.07) is 15.2. The molecule has 0 radical (unpaired) electrons. The summed E-state index contributed by atoms with van der Waals surface area (Å²) in [7, 11) is 0. The average Bonchev–Trinajstić information content (AvgIpc) is 3.02. The van der Waals surface area contributed by atoms with Crippen molar-refractivity contribution in [3.8, 4) is 5.75 Å². The van der Waals surface area contributed by atoms with E-state index in [4.69, 9.17) is 9.84 Å². The van der Waals surface area contributed by atoms with E-state index in [0.29, 0.717) is 0 Å². The highest BCUT2D eigenvalue weighted by molar-refractivity contribution is 9.10. The minimum Gasteiger partial charge on any atom is -0.469 e. The number of hydrogen-bond donors (Lipinski definition) is 0. The van der Waals surface area contributed by atoms with Crippen LogP contribution in [0.25, 0.3) is 0 Å². The summed E-state index contributed by atoms with van der Waals surface area (Å²) in [5.74, 6) is 0.998. The molecular weight excluding hydrogens is 364 g/mol. The fourth-order valence-corrected chi connectivity index (χ4v) is 3.87. The Balaban J connectivity index is 1.72. The topological polar surface area (TPSA) is 24.8 Å². The summed E-state index contributed by atoms with van der Waals surface area (Å²) in [6.07, 6.45) is 3.01. The van der Waals surface area contributed by atoms with E-state index in [1.807, 2.05) is 6.07 Å². The van der Waals surface area contributed by atoms with E-state index in [0.717, 1.165) is 35.2 Å². The first kappa shape index (κ1) is 15.7. The Morgan fingerprint density at radius 1 is 1.21 bits per heavy atom. The number of aryl methyl sites for hydroxylation is 1. The number of hydrogen-bond acceptors (Lipinski definition) is 3. The van der Waals surface area contributed by atoms with Crippen molar-refractivity contribution in [1.29, 1.82) is 0 Å². The third kappa shape index (κ3) is 2.73. The molecule has 0 spiro atoms. The Morgan fingerprint density at radius 2 is 2.00 bits per heavy atom. The SMILES string of the molecule is CCC[C@@H]1Oc2ccc(Br)cc2[C@H]2CC(c3ccc(C)cc3)=NN12. The van der Waals surface area contributed by atoms with Gasteiger partial charge in [0.05, 0.1) is 11.8 Å². The van der Waals surface area contributed by atoms with Crippen LogP contribution in [0.2, 0.25) is 0 Å². The van der Waals surface area contributed by atoms with Gasteiger partial charge in [0, 0.05) is 22.9 Å². The maximum Gasteiger partial charge on any atom is 0.187 e. The molecule has 2 aromatic carbocycles. The first-order chi connectivity index (χ1) is 11.7. The molecule has 4 heteroatoms. The van der Waals surface area contributed by atoms with Crippen molar-refractivity contribution in [3.05, 3.63) is 63.6 Å². The Hall–Kier alpha value is -1.81.